The van der Waals surface area contributed by atoms with Crippen molar-refractivity contribution in [1.82, 2.24) is 14.9 Å². The maximum Gasteiger partial charge on any atom is 0.0326 e. The Hall–Kier alpha value is -5.92. The summed E-state index contributed by atoms with van der Waals surface area (Å²) in [5.41, 5.74) is 10.9. The summed E-state index contributed by atoms with van der Waals surface area (Å²) in [6.45, 7) is 21.3. The summed E-state index contributed by atoms with van der Waals surface area (Å²) in [7, 11) is 2.04. The van der Waals surface area contributed by atoms with E-state index >= 15 is 0 Å². The Labute approximate surface area is 438 Å². The fourth-order valence-corrected chi connectivity index (χ4v) is 8.09. The summed E-state index contributed by atoms with van der Waals surface area (Å²) in [6.07, 6.45) is 10.2. The van der Waals surface area contributed by atoms with Gasteiger partial charge < -0.3 is 44.1 Å². The molecule has 0 saturated carbocycles. The maximum atomic E-state index is 6.44. The topological polar surface area (TPSA) is 54.5 Å². The van der Waals surface area contributed by atoms with Crippen molar-refractivity contribution in [2.45, 2.75) is 65.2 Å². The van der Waals surface area contributed by atoms with Gasteiger partial charge in [0.15, 0.2) is 0 Å². The van der Waals surface area contributed by atoms with Gasteiger partial charge >= 0.3 is 0 Å². The molecule has 3 aliphatic heterocycles. The molecular formula is C58H56IrN8OPt-8. The van der Waals surface area contributed by atoms with Gasteiger partial charge in [0.2, 0.25) is 0 Å². The number of anilines is 7. The molecule has 10 rings (SSSR count). The molecule has 5 heterocycles. The second kappa shape index (κ2) is 22.2. The minimum atomic E-state index is -0.188. The number of pyridine rings is 2. The van der Waals surface area contributed by atoms with E-state index in [0.717, 1.165) is 65.5 Å². The van der Waals surface area contributed by atoms with Crippen molar-refractivity contribution < 1.29 is 45.9 Å². The van der Waals surface area contributed by atoms with Gasteiger partial charge in [0.25, 0.3) is 0 Å². The number of rotatable bonds is 11. The van der Waals surface area contributed by atoms with Crippen molar-refractivity contribution in [3.05, 3.63) is 208 Å². The Morgan fingerprint density at radius 3 is 1.87 bits per heavy atom. The van der Waals surface area contributed by atoms with E-state index in [1.165, 1.54) is 11.4 Å². The molecule has 0 amide bonds. The van der Waals surface area contributed by atoms with Crippen LogP contribution in [0.1, 0.15) is 65.5 Å². The third kappa shape index (κ3) is 11.9. The molecule has 361 valence electrons. The molecule has 3 aliphatic rings. The van der Waals surface area contributed by atoms with Crippen molar-refractivity contribution in [2.75, 3.05) is 44.6 Å². The van der Waals surface area contributed by atoms with E-state index in [9.17, 15) is 0 Å². The molecule has 11 heteroatoms. The van der Waals surface area contributed by atoms with E-state index in [1.807, 2.05) is 86.2 Å². The number of ether oxygens (including phenoxy) is 1. The number of nitrogens with zero attached hydrogens (tertiary/aromatic N) is 8. The Balaban J connectivity index is 0.000000202. The molecule has 0 aliphatic carbocycles. The maximum absolute atomic E-state index is 6.44. The van der Waals surface area contributed by atoms with Crippen LogP contribution in [0.2, 0.25) is 0 Å². The van der Waals surface area contributed by atoms with E-state index < -0.39 is 0 Å². The quantitative estimate of drug-likeness (QED) is 0.0931. The van der Waals surface area contributed by atoms with Gasteiger partial charge in [-0.1, -0.05) is 82.2 Å². The second-order valence-corrected chi connectivity index (χ2v) is 18.8. The largest absolute Gasteiger partial charge is 0.510 e. The fraction of sp³-hybridized carbons (Fsp3) is 0.224. The summed E-state index contributed by atoms with van der Waals surface area (Å²) in [4.78, 5) is 22.4. The third-order valence-corrected chi connectivity index (χ3v) is 11.8. The first-order chi connectivity index (χ1) is 32.4. The SMILES string of the molecule is CN1[CH-]N(c2[c-]c(Oc3[c-]c(-c4[c-]cc(C(C)(C)C)cn4)ncc3C(C)(C)C)ccc2)c2ccccc21.[Ir].[Pt].[c-]1ccccc1N1C=CN(CCCCN2[CH-]N(c3[c-]cccc3)c3ccccc32)[CH-]1. The number of unbranched alkanes of at least 4 members (excludes halogenated alkanes) is 1. The van der Waals surface area contributed by atoms with Crippen LogP contribution in [-0.4, -0.2) is 35.0 Å². The Bertz CT molecular complexity index is 2800. The second-order valence-electron chi connectivity index (χ2n) is 18.8. The molecule has 2 aromatic heterocycles. The zero-order chi connectivity index (χ0) is 46.5. The summed E-state index contributed by atoms with van der Waals surface area (Å²) < 4.78 is 6.44. The Kier molecular flexibility index (Phi) is 16.4. The average molecular weight is 1270 g/mol. The molecule has 0 saturated heterocycles. The molecule has 0 fully saturated rings. The van der Waals surface area contributed by atoms with Gasteiger partial charge in [-0.25, -0.2) is 6.07 Å². The molecule has 0 spiro atoms. The normalized spacial score (nSPS) is 13.9. The third-order valence-electron chi connectivity index (χ3n) is 11.8. The summed E-state index contributed by atoms with van der Waals surface area (Å²) in [5.74, 6) is 1.22. The number of aromatic nitrogens is 2. The van der Waals surface area contributed by atoms with Gasteiger partial charge in [0.1, 0.15) is 0 Å². The van der Waals surface area contributed by atoms with Crippen LogP contribution in [0, 0.1) is 50.3 Å². The molecular weight excluding hydrogens is 1210 g/mol. The van der Waals surface area contributed by atoms with Crippen LogP contribution in [0.15, 0.2) is 146 Å². The van der Waals surface area contributed by atoms with E-state index in [2.05, 4.69) is 198 Å². The van der Waals surface area contributed by atoms with Gasteiger partial charge in [0, 0.05) is 75.4 Å². The van der Waals surface area contributed by atoms with Gasteiger partial charge in [-0.05, 0) is 82.0 Å². The van der Waals surface area contributed by atoms with Crippen molar-refractivity contribution >= 4 is 39.8 Å². The molecule has 9 nitrogen and oxygen atoms in total. The van der Waals surface area contributed by atoms with Crippen LogP contribution >= 0.6 is 0 Å². The van der Waals surface area contributed by atoms with Crippen LogP contribution in [0.3, 0.4) is 0 Å². The van der Waals surface area contributed by atoms with Crippen LogP contribution in [-0.2, 0) is 52.0 Å². The van der Waals surface area contributed by atoms with Crippen molar-refractivity contribution in [2.24, 2.45) is 0 Å². The van der Waals surface area contributed by atoms with Crippen molar-refractivity contribution in [3.63, 3.8) is 0 Å². The predicted octanol–water partition coefficient (Wildman–Crippen LogP) is 13.2. The van der Waals surface area contributed by atoms with Crippen molar-refractivity contribution in [1.29, 1.82) is 0 Å². The molecule has 0 bridgehead atoms. The zero-order valence-electron chi connectivity index (χ0n) is 40.1. The number of benzene rings is 5. The van der Waals surface area contributed by atoms with Gasteiger partial charge in [-0.2, -0.15) is 98.9 Å². The standard InChI is InChI=1S/C32H32N4O.C26H24N4.Ir.Pt/c1-31(2,3)22-15-16-26(33-19-22)27-18-30(25(20-34-27)32(4,5)6)37-24-12-10-11-23(17-24)36-21-35(7)28-13-8-9-14-29(28)36;1-3-11-23(12-4-1)28-20-19-27(21-28)17-9-10-18-29-22-30(24-13-5-2-6-14-24)26-16-8-7-15-25(26)29;;/h8-15,19-21H,1-7H3;1-8,11,13,15-16,19-22H,9-10,17-18H2;;/q2*-4;;. The van der Waals surface area contributed by atoms with Crippen LogP contribution in [0.25, 0.3) is 11.4 Å². The summed E-state index contributed by atoms with van der Waals surface area (Å²) in [5, 5.41) is 0. The Morgan fingerprint density at radius 1 is 0.580 bits per heavy atom. The first-order valence-corrected chi connectivity index (χ1v) is 22.9. The van der Waals surface area contributed by atoms with Crippen LogP contribution in [0.4, 0.5) is 39.8 Å². The van der Waals surface area contributed by atoms with E-state index in [0.29, 0.717) is 22.9 Å². The van der Waals surface area contributed by atoms with E-state index in [4.69, 9.17) is 4.74 Å². The molecule has 69 heavy (non-hydrogen) atoms. The van der Waals surface area contributed by atoms with Gasteiger partial charge in [0.05, 0.1) is 0 Å². The minimum Gasteiger partial charge on any atom is -0.510 e. The van der Waals surface area contributed by atoms with Crippen molar-refractivity contribution in [3.8, 4) is 22.9 Å². The fourth-order valence-electron chi connectivity index (χ4n) is 8.09. The Morgan fingerprint density at radius 2 is 1.20 bits per heavy atom. The minimum absolute atomic E-state index is 0. The predicted molar refractivity (Wildman–Crippen MR) is 272 cm³/mol. The number of para-hydroxylation sites is 6. The van der Waals surface area contributed by atoms with Crippen LogP contribution < -0.4 is 29.2 Å². The monoisotopic (exact) mass is 1270 g/mol. The van der Waals surface area contributed by atoms with Gasteiger partial charge in [-0.15, -0.1) is 52.2 Å². The molecule has 7 aromatic rings. The summed E-state index contributed by atoms with van der Waals surface area (Å²) >= 11 is 0. The van der Waals surface area contributed by atoms with E-state index in [-0.39, 0.29) is 52.0 Å². The summed E-state index contributed by atoms with van der Waals surface area (Å²) in [6, 6.07) is 57.6. The number of hydrogen-bond acceptors (Lipinski definition) is 9. The number of fused-ring (bicyclic) bond motifs is 2. The molecule has 0 unspecified atom stereocenters. The first kappa shape index (κ1) is 50.9. The first-order valence-electron chi connectivity index (χ1n) is 22.9. The van der Waals surface area contributed by atoms with Gasteiger partial charge in [-0.3, -0.25) is 0 Å². The molecule has 1 radical (unpaired) electrons. The van der Waals surface area contributed by atoms with E-state index in [1.54, 1.807) is 0 Å². The average Bonchev–Trinajstić information content (AvgIpc) is 4.07. The molecule has 0 atom stereocenters. The van der Waals surface area contributed by atoms with Crippen LogP contribution in [0.5, 0.6) is 11.5 Å². The smallest absolute Gasteiger partial charge is 0.0326 e. The molecule has 5 aromatic carbocycles. The molecule has 0 N–H and O–H groups in total. The zero-order valence-corrected chi connectivity index (χ0v) is 44.7. The number of hydrogen-bond donors (Lipinski definition) is 0.